The van der Waals surface area contributed by atoms with E-state index in [-0.39, 0.29) is 27.1 Å². The molecule has 0 radical (unpaired) electrons. The van der Waals surface area contributed by atoms with Crippen molar-refractivity contribution < 1.29 is 13.2 Å². The molecule has 0 saturated heterocycles. The van der Waals surface area contributed by atoms with Crippen molar-refractivity contribution >= 4 is 26.7 Å². The summed E-state index contributed by atoms with van der Waals surface area (Å²) in [6.07, 6.45) is 5.01. The van der Waals surface area contributed by atoms with Crippen LogP contribution in [0.3, 0.4) is 0 Å². The molecule has 2 bridgehead atoms. The highest BCUT2D eigenvalue weighted by Gasteiger charge is 2.47. The van der Waals surface area contributed by atoms with Gasteiger partial charge in [0.25, 0.3) is 10.0 Å². The van der Waals surface area contributed by atoms with Crippen molar-refractivity contribution in [3.63, 3.8) is 0 Å². The number of sulfonamides is 1. The molecule has 1 atom stereocenters. The van der Waals surface area contributed by atoms with Gasteiger partial charge in [0.1, 0.15) is 24.3 Å². The molecule has 216 valence electrons. The monoisotopic (exact) mass is 599 g/mol. The van der Waals surface area contributed by atoms with Crippen molar-refractivity contribution in [2.45, 2.75) is 54.9 Å². The molecule has 7 rings (SSSR count). The highest BCUT2D eigenvalue weighted by Crippen LogP contribution is 2.58. The lowest BCUT2D eigenvalue weighted by Crippen LogP contribution is -2.42. The van der Waals surface area contributed by atoms with E-state index in [4.69, 9.17) is 4.74 Å². The number of nitrogens with zero attached hydrogens (tertiary/aromatic N) is 4. The largest absolute Gasteiger partial charge is 0.488 e. The summed E-state index contributed by atoms with van der Waals surface area (Å²) >= 11 is 0.941. The Balaban J connectivity index is 1.28. The number of benzene rings is 3. The minimum Gasteiger partial charge on any atom is -0.488 e. The molecular weight excluding hydrogens is 567 g/mol. The molecule has 4 aromatic rings. The zero-order chi connectivity index (χ0) is 29.3. The van der Waals surface area contributed by atoms with Crippen LogP contribution in [0.2, 0.25) is 0 Å². The fourth-order valence-electron chi connectivity index (χ4n) is 6.66. The quantitative estimate of drug-likeness (QED) is 0.228. The Morgan fingerprint density at radius 2 is 1.86 bits per heavy atom. The van der Waals surface area contributed by atoms with Gasteiger partial charge in [0.05, 0.1) is 10.5 Å². The number of likely N-dealkylation sites (N-methyl/N-ethyl adjacent to an activating group) is 1. The number of aromatic nitrogens is 2. The van der Waals surface area contributed by atoms with E-state index < -0.39 is 10.0 Å². The van der Waals surface area contributed by atoms with Gasteiger partial charge >= 0.3 is 0 Å². The van der Waals surface area contributed by atoms with Crippen molar-refractivity contribution in [3.05, 3.63) is 101 Å². The smallest absolute Gasteiger partial charge is 0.263 e. The second kappa shape index (κ2) is 11.5. The van der Waals surface area contributed by atoms with Crippen molar-refractivity contribution in [2.75, 3.05) is 24.9 Å². The van der Waals surface area contributed by atoms with Gasteiger partial charge in [0.2, 0.25) is 5.13 Å². The van der Waals surface area contributed by atoms with Crippen LogP contribution in [0.5, 0.6) is 5.75 Å². The predicted octanol–water partition coefficient (Wildman–Crippen LogP) is 5.92. The maximum Gasteiger partial charge on any atom is 0.263 e. The average Bonchev–Trinajstić information content (AvgIpc) is 3.52. The van der Waals surface area contributed by atoms with Crippen LogP contribution in [0.25, 0.3) is 0 Å². The van der Waals surface area contributed by atoms with E-state index in [0.29, 0.717) is 18.2 Å². The number of fused-ring (bicyclic) bond motifs is 1. The summed E-state index contributed by atoms with van der Waals surface area (Å²) in [5.74, 6) is 0.833. The first kappa shape index (κ1) is 28.3. The van der Waals surface area contributed by atoms with E-state index in [0.717, 1.165) is 43.8 Å². The van der Waals surface area contributed by atoms with Gasteiger partial charge in [-0.1, -0.05) is 55.5 Å². The summed E-state index contributed by atoms with van der Waals surface area (Å²) in [6, 6.07) is 24.3. The third kappa shape index (κ3) is 5.17. The Morgan fingerprint density at radius 3 is 2.50 bits per heavy atom. The molecule has 42 heavy (non-hydrogen) atoms. The molecular formula is C32H33N5O3S2. The molecule has 1 unspecified atom stereocenters. The van der Waals surface area contributed by atoms with Crippen LogP contribution in [0.15, 0.2) is 78.0 Å². The van der Waals surface area contributed by atoms with Gasteiger partial charge in [-0.05, 0) is 79.7 Å². The summed E-state index contributed by atoms with van der Waals surface area (Å²) in [6.45, 7) is 3.65. The molecule has 8 nitrogen and oxygen atoms in total. The Kier molecular flexibility index (Phi) is 7.75. The Labute approximate surface area is 251 Å². The second-order valence-electron chi connectivity index (χ2n) is 11.1. The second-order valence-corrected chi connectivity index (χ2v) is 13.6. The van der Waals surface area contributed by atoms with Crippen molar-refractivity contribution in [1.29, 1.82) is 5.26 Å². The number of ether oxygens (including phenoxy) is 1. The lowest BCUT2D eigenvalue weighted by atomic mass is 9.54. The fraction of sp³-hybridized carbons (Fsp3) is 0.344. The number of hydrogen-bond donors (Lipinski definition) is 1. The molecule has 1 heterocycles. The van der Waals surface area contributed by atoms with Gasteiger partial charge in [0, 0.05) is 29.4 Å². The summed E-state index contributed by atoms with van der Waals surface area (Å²) in [4.78, 5) is 6.06. The maximum absolute atomic E-state index is 12.9. The van der Waals surface area contributed by atoms with Crippen molar-refractivity contribution in [3.8, 4) is 11.8 Å². The molecule has 0 spiro atoms. The van der Waals surface area contributed by atoms with Crippen LogP contribution in [0, 0.1) is 11.3 Å². The first-order valence-corrected chi connectivity index (χ1v) is 16.5. The summed E-state index contributed by atoms with van der Waals surface area (Å²) in [5, 5.41) is 10.1. The van der Waals surface area contributed by atoms with E-state index in [1.54, 1.807) is 6.07 Å². The summed E-state index contributed by atoms with van der Waals surface area (Å²) in [5.41, 5.74) is 5.83. The van der Waals surface area contributed by atoms with Gasteiger partial charge in [0.15, 0.2) is 0 Å². The van der Waals surface area contributed by atoms with E-state index in [2.05, 4.69) is 87.6 Å². The van der Waals surface area contributed by atoms with Gasteiger partial charge in [-0.15, -0.1) is 0 Å². The first-order chi connectivity index (χ1) is 20.3. The van der Waals surface area contributed by atoms with E-state index in [1.807, 2.05) is 0 Å². The van der Waals surface area contributed by atoms with Crippen LogP contribution in [-0.4, -0.2) is 48.9 Å². The Hall–Kier alpha value is -3.78. The molecule has 0 fully saturated rings. The van der Waals surface area contributed by atoms with Crippen LogP contribution < -0.4 is 9.46 Å². The van der Waals surface area contributed by atoms with Crippen molar-refractivity contribution in [1.82, 2.24) is 14.3 Å². The molecule has 1 N–H and O–H groups in total. The summed E-state index contributed by atoms with van der Waals surface area (Å²) in [7, 11) is -1.87. The molecule has 3 aliphatic rings. The normalized spacial score (nSPS) is 19.5. The number of rotatable bonds is 11. The highest BCUT2D eigenvalue weighted by atomic mass is 32.2. The predicted molar refractivity (Wildman–Crippen MR) is 163 cm³/mol. The third-order valence-corrected chi connectivity index (χ3v) is 10.8. The van der Waals surface area contributed by atoms with Gasteiger partial charge < -0.3 is 9.64 Å². The van der Waals surface area contributed by atoms with Crippen LogP contribution in [0.4, 0.5) is 5.13 Å². The number of anilines is 1. The maximum atomic E-state index is 12.9. The van der Waals surface area contributed by atoms with Crippen LogP contribution >= 0.6 is 11.5 Å². The van der Waals surface area contributed by atoms with Gasteiger partial charge in [-0.25, -0.2) is 13.4 Å². The lowest BCUT2D eigenvalue weighted by molar-refractivity contribution is 0.130. The van der Waals surface area contributed by atoms with E-state index in [9.17, 15) is 13.7 Å². The number of hydrogen-bond acceptors (Lipinski definition) is 8. The van der Waals surface area contributed by atoms with E-state index in [1.165, 1.54) is 40.7 Å². The Bertz CT molecular complexity index is 1690. The molecule has 0 aliphatic heterocycles. The molecule has 0 saturated carbocycles. The van der Waals surface area contributed by atoms with Crippen LogP contribution in [0.1, 0.15) is 66.3 Å². The zero-order valence-corrected chi connectivity index (χ0v) is 25.3. The van der Waals surface area contributed by atoms with Crippen molar-refractivity contribution in [2.24, 2.45) is 0 Å². The Morgan fingerprint density at radius 1 is 1.14 bits per heavy atom. The molecule has 0 amide bonds. The SMILES string of the molecule is CCN(C)CC(CCC12CCC(c3ccccc31)c1ccccc12)Oc1ccc(S(=O)(=O)Nc2ncns2)cc1C#N. The van der Waals surface area contributed by atoms with Gasteiger partial charge in [-0.3, -0.25) is 4.72 Å². The minimum atomic E-state index is -3.93. The summed E-state index contributed by atoms with van der Waals surface area (Å²) < 4.78 is 38.6. The molecule has 3 aromatic carbocycles. The highest BCUT2D eigenvalue weighted by molar-refractivity contribution is 7.93. The molecule has 3 aliphatic carbocycles. The zero-order valence-electron chi connectivity index (χ0n) is 23.7. The number of nitriles is 1. The molecule has 1 aromatic heterocycles. The minimum absolute atomic E-state index is 0.0325. The first-order valence-electron chi connectivity index (χ1n) is 14.2. The van der Waals surface area contributed by atoms with Gasteiger partial charge in [-0.2, -0.15) is 9.64 Å². The lowest BCUT2D eigenvalue weighted by Gasteiger charge is -2.50. The fourth-order valence-corrected chi connectivity index (χ4v) is 8.35. The average molecular weight is 600 g/mol. The molecule has 10 heteroatoms. The standard InChI is InChI=1S/C32H33N5O3S2/c1-3-37(2)20-23(40-30-13-12-24(18-22(30)19-33)42(38,39)36-31-34-21-35-41-31)14-16-32-17-15-25(26-8-4-6-10-28(26)32)27-9-5-7-11-29(27)32/h4-13,18,21,23,25H,3,14-17,20H2,1-2H3,(H,34,35,36). The van der Waals surface area contributed by atoms with E-state index >= 15 is 0 Å². The van der Waals surface area contributed by atoms with Crippen LogP contribution in [-0.2, 0) is 15.4 Å². The number of nitrogens with one attached hydrogen (secondary N) is 1. The topological polar surface area (TPSA) is 108 Å². The third-order valence-electron chi connectivity index (χ3n) is 8.77.